The monoisotopic (exact) mass is 488 g/mol. The first-order chi connectivity index (χ1) is 15.9. The molecular weight excluding hydrogens is 460 g/mol. The van der Waals surface area contributed by atoms with Crippen molar-refractivity contribution < 1.29 is 9.59 Å². The Labute approximate surface area is 203 Å². The number of fused-ring (bicyclic) bond motifs is 1. The van der Waals surface area contributed by atoms with Crippen LogP contribution in [0.4, 0.5) is 10.6 Å². The lowest BCUT2D eigenvalue weighted by atomic mass is 10.00. The van der Waals surface area contributed by atoms with Crippen molar-refractivity contribution in [3.63, 3.8) is 0 Å². The first kappa shape index (κ1) is 23.6. The van der Waals surface area contributed by atoms with Gasteiger partial charge in [-0.3, -0.25) is 4.79 Å². The Kier molecular flexibility index (Phi) is 7.60. The number of amides is 3. The third-order valence-corrected chi connectivity index (χ3v) is 7.03. The molecule has 33 heavy (non-hydrogen) atoms. The molecule has 2 aliphatic heterocycles. The van der Waals surface area contributed by atoms with Crippen LogP contribution in [-0.4, -0.2) is 76.2 Å². The molecule has 1 fully saturated rings. The van der Waals surface area contributed by atoms with Crippen molar-refractivity contribution in [2.75, 3.05) is 43.4 Å². The third-order valence-electron chi connectivity index (χ3n) is 6.01. The summed E-state index contributed by atoms with van der Waals surface area (Å²) >= 11 is 7.59. The summed E-state index contributed by atoms with van der Waals surface area (Å²) in [6.07, 6.45) is 0.880. The third kappa shape index (κ3) is 5.70. The molecule has 1 aromatic carbocycles. The molecule has 176 valence electrons. The predicted molar refractivity (Wildman–Crippen MR) is 131 cm³/mol. The highest BCUT2D eigenvalue weighted by atomic mass is 35.5. The molecule has 3 heterocycles. The van der Waals surface area contributed by atoms with Gasteiger partial charge in [0.25, 0.3) is 0 Å². The summed E-state index contributed by atoms with van der Waals surface area (Å²) in [5, 5.41) is 3.70. The molecule has 0 aliphatic carbocycles. The lowest BCUT2D eigenvalue weighted by Crippen LogP contribution is -2.56. The zero-order valence-electron chi connectivity index (χ0n) is 19.0. The molecule has 0 saturated carbocycles. The first-order valence-electron chi connectivity index (χ1n) is 11.3. The number of carbonyl (C=O) groups is 2. The standard InChI is InChI=1S/C23H29ClN6O2S/c1-3-25-23(32)30-11-10-28(13-16(30)2)20-12-19(24)26-22(27-20)33-15-21(31)29-9-8-17-6-4-5-7-18(17)14-29/h4-7,12,16H,3,8-11,13-15H2,1-2H3,(H,25,32). The van der Waals surface area contributed by atoms with E-state index in [9.17, 15) is 9.59 Å². The highest BCUT2D eigenvalue weighted by Gasteiger charge is 2.28. The number of piperazine rings is 1. The predicted octanol–water partition coefficient (Wildman–Crippen LogP) is 3.05. The van der Waals surface area contributed by atoms with E-state index in [-0.39, 0.29) is 23.7 Å². The molecule has 1 aromatic heterocycles. The number of nitrogens with one attached hydrogen (secondary N) is 1. The van der Waals surface area contributed by atoms with Crippen molar-refractivity contribution in [1.29, 1.82) is 0 Å². The van der Waals surface area contributed by atoms with E-state index in [1.165, 1.54) is 22.9 Å². The molecule has 1 atom stereocenters. The van der Waals surface area contributed by atoms with E-state index in [4.69, 9.17) is 11.6 Å². The molecular formula is C23H29ClN6O2S. The SMILES string of the molecule is CCNC(=O)N1CCN(c2cc(Cl)nc(SCC(=O)N3CCc4ccccc4C3)n2)CC1C. The molecule has 10 heteroatoms. The number of anilines is 1. The molecule has 3 amide bonds. The average Bonchev–Trinajstić information content (AvgIpc) is 2.82. The van der Waals surface area contributed by atoms with Gasteiger partial charge in [0.2, 0.25) is 5.91 Å². The van der Waals surface area contributed by atoms with Crippen LogP contribution >= 0.6 is 23.4 Å². The first-order valence-corrected chi connectivity index (χ1v) is 12.6. The van der Waals surface area contributed by atoms with Gasteiger partial charge in [0.05, 0.1) is 5.75 Å². The zero-order valence-corrected chi connectivity index (χ0v) is 20.5. The summed E-state index contributed by atoms with van der Waals surface area (Å²) in [7, 11) is 0. The van der Waals surface area contributed by atoms with Crippen molar-refractivity contribution in [2.45, 2.75) is 38.0 Å². The normalized spacial score (nSPS) is 18.2. The molecule has 1 N–H and O–H groups in total. The Morgan fingerprint density at radius 2 is 1.97 bits per heavy atom. The number of carbonyl (C=O) groups excluding carboxylic acids is 2. The number of thioether (sulfide) groups is 1. The van der Waals surface area contributed by atoms with Gasteiger partial charge in [0.15, 0.2) is 5.16 Å². The van der Waals surface area contributed by atoms with E-state index in [1.807, 2.05) is 35.8 Å². The molecule has 0 spiro atoms. The van der Waals surface area contributed by atoms with Crippen LogP contribution in [0.1, 0.15) is 25.0 Å². The van der Waals surface area contributed by atoms with Gasteiger partial charge in [0.1, 0.15) is 11.0 Å². The summed E-state index contributed by atoms with van der Waals surface area (Å²) in [6.45, 7) is 7.83. The number of aromatic nitrogens is 2. The quantitative estimate of drug-likeness (QED) is 0.396. The van der Waals surface area contributed by atoms with Gasteiger partial charge in [-0.05, 0) is 31.4 Å². The minimum Gasteiger partial charge on any atom is -0.353 e. The fourth-order valence-corrected chi connectivity index (χ4v) is 5.24. The number of halogens is 1. The molecule has 8 nitrogen and oxygen atoms in total. The smallest absolute Gasteiger partial charge is 0.317 e. The Hall–Kier alpha value is -2.52. The topological polar surface area (TPSA) is 81.7 Å². The summed E-state index contributed by atoms with van der Waals surface area (Å²) < 4.78 is 0. The molecule has 2 aliphatic rings. The van der Waals surface area contributed by atoms with E-state index in [1.54, 1.807) is 6.07 Å². The van der Waals surface area contributed by atoms with Crippen molar-refractivity contribution >= 4 is 41.1 Å². The van der Waals surface area contributed by atoms with Crippen LogP contribution in [0.5, 0.6) is 0 Å². The van der Waals surface area contributed by atoms with Crippen LogP contribution in [0.2, 0.25) is 5.15 Å². The fraction of sp³-hybridized carbons (Fsp3) is 0.478. The van der Waals surface area contributed by atoms with E-state index in [0.29, 0.717) is 43.0 Å². The second-order valence-electron chi connectivity index (χ2n) is 8.28. The highest BCUT2D eigenvalue weighted by Crippen LogP contribution is 2.25. The van der Waals surface area contributed by atoms with Gasteiger partial charge < -0.3 is 20.0 Å². The molecule has 4 rings (SSSR count). The number of nitrogens with zero attached hydrogens (tertiary/aromatic N) is 5. The van der Waals surface area contributed by atoms with Gasteiger partial charge in [-0.1, -0.05) is 47.6 Å². The number of urea groups is 1. The average molecular weight is 489 g/mol. The van der Waals surface area contributed by atoms with Gasteiger partial charge in [-0.15, -0.1) is 0 Å². The minimum absolute atomic E-state index is 0.0405. The van der Waals surface area contributed by atoms with Crippen molar-refractivity contribution in [3.8, 4) is 0 Å². The second-order valence-corrected chi connectivity index (χ2v) is 9.61. The highest BCUT2D eigenvalue weighted by molar-refractivity contribution is 7.99. The number of hydrogen-bond donors (Lipinski definition) is 1. The summed E-state index contributed by atoms with van der Waals surface area (Å²) in [6, 6.07) is 10.0. The van der Waals surface area contributed by atoms with Crippen LogP contribution < -0.4 is 10.2 Å². The Bertz CT molecular complexity index is 1020. The molecule has 2 aromatic rings. The van der Waals surface area contributed by atoms with Gasteiger partial charge >= 0.3 is 6.03 Å². The van der Waals surface area contributed by atoms with Crippen LogP contribution in [-0.2, 0) is 17.8 Å². The van der Waals surface area contributed by atoms with Crippen molar-refractivity contribution in [3.05, 3.63) is 46.6 Å². The molecule has 0 bridgehead atoms. The molecule has 1 unspecified atom stereocenters. The largest absolute Gasteiger partial charge is 0.353 e. The summed E-state index contributed by atoms with van der Waals surface area (Å²) in [5.41, 5.74) is 2.53. The lowest BCUT2D eigenvalue weighted by Gasteiger charge is -2.40. The van der Waals surface area contributed by atoms with E-state index < -0.39 is 0 Å². The Balaban J connectivity index is 1.36. The van der Waals surface area contributed by atoms with Crippen molar-refractivity contribution in [2.24, 2.45) is 0 Å². The minimum atomic E-state index is -0.0412. The zero-order chi connectivity index (χ0) is 23.4. The maximum Gasteiger partial charge on any atom is 0.317 e. The Morgan fingerprint density at radius 3 is 2.73 bits per heavy atom. The summed E-state index contributed by atoms with van der Waals surface area (Å²) in [4.78, 5) is 39.8. The van der Waals surface area contributed by atoms with Crippen LogP contribution in [0.15, 0.2) is 35.5 Å². The molecule has 0 radical (unpaired) electrons. The maximum atomic E-state index is 12.8. The number of hydrogen-bond acceptors (Lipinski definition) is 6. The second kappa shape index (κ2) is 10.6. The van der Waals surface area contributed by atoms with Crippen LogP contribution in [0.25, 0.3) is 0 Å². The number of benzene rings is 1. The van der Waals surface area contributed by atoms with Crippen molar-refractivity contribution in [1.82, 2.24) is 25.1 Å². The van der Waals surface area contributed by atoms with Crippen LogP contribution in [0, 0.1) is 0 Å². The molecule has 1 saturated heterocycles. The lowest BCUT2D eigenvalue weighted by molar-refractivity contribution is -0.129. The maximum absolute atomic E-state index is 12.8. The Morgan fingerprint density at radius 1 is 1.18 bits per heavy atom. The number of rotatable bonds is 5. The van der Waals surface area contributed by atoms with E-state index >= 15 is 0 Å². The van der Waals surface area contributed by atoms with Gasteiger partial charge in [0, 0.05) is 51.4 Å². The van der Waals surface area contributed by atoms with Gasteiger partial charge in [-0.25, -0.2) is 14.8 Å². The fourth-order valence-electron chi connectivity index (χ4n) is 4.26. The van der Waals surface area contributed by atoms with Crippen LogP contribution in [0.3, 0.4) is 0 Å². The van der Waals surface area contributed by atoms with Gasteiger partial charge in [-0.2, -0.15) is 0 Å². The van der Waals surface area contributed by atoms with E-state index in [2.05, 4.69) is 32.3 Å². The summed E-state index contributed by atoms with van der Waals surface area (Å²) in [5.74, 6) is 1.06. The van der Waals surface area contributed by atoms with E-state index in [0.717, 1.165) is 18.8 Å².